The fourth-order valence-corrected chi connectivity index (χ4v) is 1.25. The van der Waals surface area contributed by atoms with Gasteiger partial charge in [0.15, 0.2) is 0 Å². The van der Waals surface area contributed by atoms with Gasteiger partial charge in [-0.05, 0) is 12.8 Å². The summed E-state index contributed by atoms with van der Waals surface area (Å²) >= 11 is 0. The van der Waals surface area contributed by atoms with E-state index in [2.05, 4.69) is 0 Å². The number of rotatable bonds is 0. The molecule has 0 aromatic carbocycles. The molecule has 0 unspecified atom stereocenters. The zero-order chi connectivity index (χ0) is 9.84. The first kappa shape index (κ1) is 8.84. The summed E-state index contributed by atoms with van der Waals surface area (Å²) in [6.07, 6.45) is 1.08. The maximum atomic E-state index is 8.71. The number of nitrogens with zero attached hydrogens (tertiary/aromatic N) is 3. The van der Waals surface area contributed by atoms with Gasteiger partial charge in [0.25, 0.3) is 0 Å². The summed E-state index contributed by atoms with van der Waals surface area (Å²) < 4.78 is 0. The lowest BCUT2D eigenvalue weighted by Crippen LogP contribution is -1.95. The van der Waals surface area contributed by atoms with Crippen LogP contribution in [-0.4, -0.2) is 0 Å². The zero-order valence-corrected chi connectivity index (χ0v) is 6.83. The Morgan fingerprint density at radius 1 is 1.15 bits per heavy atom. The van der Waals surface area contributed by atoms with Crippen molar-refractivity contribution in [3.05, 3.63) is 22.4 Å². The lowest BCUT2D eigenvalue weighted by atomic mass is 10.0. The Kier molecular flexibility index (Phi) is 2.33. The molecule has 0 saturated carbocycles. The second-order valence-electron chi connectivity index (χ2n) is 2.59. The molecule has 0 saturated heterocycles. The molecule has 0 aromatic rings. The number of nitrogens with two attached hydrogens (primary N) is 1. The largest absolute Gasteiger partial charge is 0.401 e. The van der Waals surface area contributed by atoms with Gasteiger partial charge < -0.3 is 5.73 Å². The van der Waals surface area contributed by atoms with Crippen molar-refractivity contribution in [2.75, 3.05) is 0 Å². The van der Waals surface area contributed by atoms with Crippen LogP contribution < -0.4 is 5.73 Å². The molecule has 1 rings (SSSR count). The normalized spacial score (nSPS) is 14.7. The van der Waals surface area contributed by atoms with E-state index in [9.17, 15) is 0 Å². The lowest BCUT2D eigenvalue weighted by Gasteiger charge is -1.94. The van der Waals surface area contributed by atoms with Crippen LogP contribution in [0.25, 0.3) is 0 Å². The first-order chi connectivity index (χ1) is 6.24. The molecule has 0 heterocycles. The predicted octanol–water partition coefficient (Wildman–Crippen LogP) is 0.860. The second kappa shape index (κ2) is 3.43. The van der Waals surface area contributed by atoms with Crippen molar-refractivity contribution in [2.24, 2.45) is 5.73 Å². The van der Waals surface area contributed by atoms with Crippen LogP contribution in [0.4, 0.5) is 0 Å². The Balaban J connectivity index is 3.30. The molecule has 4 heteroatoms. The van der Waals surface area contributed by atoms with Crippen molar-refractivity contribution in [2.45, 2.75) is 12.8 Å². The van der Waals surface area contributed by atoms with Crippen LogP contribution >= 0.6 is 0 Å². The third kappa shape index (κ3) is 1.36. The Hall–Kier alpha value is -2.25. The smallest absolute Gasteiger partial charge is 0.134 e. The van der Waals surface area contributed by atoms with E-state index < -0.39 is 0 Å². The average molecular weight is 170 g/mol. The van der Waals surface area contributed by atoms with Crippen molar-refractivity contribution < 1.29 is 0 Å². The fourth-order valence-electron chi connectivity index (χ4n) is 1.25. The van der Waals surface area contributed by atoms with Crippen molar-refractivity contribution in [3.8, 4) is 18.2 Å². The molecule has 1 aliphatic rings. The van der Waals surface area contributed by atoms with E-state index in [0.29, 0.717) is 29.7 Å². The van der Waals surface area contributed by atoms with Gasteiger partial charge >= 0.3 is 0 Å². The van der Waals surface area contributed by atoms with Crippen LogP contribution in [0.2, 0.25) is 0 Å². The lowest BCUT2D eigenvalue weighted by molar-refractivity contribution is 0.990. The molecule has 13 heavy (non-hydrogen) atoms. The number of hydrogen-bond donors (Lipinski definition) is 1. The molecule has 0 spiro atoms. The van der Waals surface area contributed by atoms with Gasteiger partial charge in [-0.1, -0.05) is 0 Å². The van der Waals surface area contributed by atoms with E-state index in [1.54, 1.807) is 12.1 Å². The van der Waals surface area contributed by atoms with Crippen LogP contribution in [0.1, 0.15) is 12.8 Å². The minimum Gasteiger partial charge on any atom is -0.401 e. The molecule has 0 fully saturated rings. The highest BCUT2D eigenvalue weighted by Gasteiger charge is 2.21. The Morgan fingerprint density at radius 3 is 2.23 bits per heavy atom. The van der Waals surface area contributed by atoms with Gasteiger partial charge in [0.05, 0.1) is 5.57 Å². The zero-order valence-electron chi connectivity index (χ0n) is 6.83. The molecule has 0 bridgehead atoms. The summed E-state index contributed by atoms with van der Waals surface area (Å²) in [6.45, 7) is 0. The number of hydrogen-bond acceptors (Lipinski definition) is 4. The Morgan fingerprint density at radius 2 is 1.77 bits per heavy atom. The monoisotopic (exact) mass is 170 g/mol. The first-order valence-corrected chi connectivity index (χ1v) is 3.67. The summed E-state index contributed by atoms with van der Waals surface area (Å²) in [5.74, 6) is 0. The summed E-state index contributed by atoms with van der Waals surface area (Å²) in [5, 5.41) is 25.9. The third-order valence-corrected chi connectivity index (χ3v) is 1.90. The molecule has 62 valence electrons. The standard InChI is InChI=1S/C9H6N4/c10-3-6(4-11)7-1-2-9(13)8(7)5-12/h1-2,13H2. The maximum absolute atomic E-state index is 8.71. The van der Waals surface area contributed by atoms with Crippen LogP contribution in [0, 0.1) is 34.0 Å². The fraction of sp³-hybridized carbons (Fsp3) is 0.222. The molecular weight excluding hydrogens is 164 g/mol. The highest BCUT2D eigenvalue weighted by atomic mass is 14.6. The summed E-state index contributed by atoms with van der Waals surface area (Å²) in [7, 11) is 0. The van der Waals surface area contributed by atoms with E-state index in [0.717, 1.165) is 0 Å². The van der Waals surface area contributed by atoms with Crippen LogP contribution in [0.5, 0.6) is 0 Å². The van der Waals surface area contributed by atoms with Crippen molar-refractivity contribution in [1.82, 2.24) is 0 Å². The van der Waals surface area contributed by atoms with Gasteiger partial charge in [0, 0.05) is 11.3 Å². The average Bonchev–Trinajstić information content (AvgIpc) is 2.50. The highest BCUT2D eigenvalue weighted by molar-refractivity contribution is 5.57. The molecule has 0 amide bonds. The van der Waals surface area contributed by atoms with Gasteiger partial charge in [0.1, 0.15) is 23.8 Å². The Labute approximate surface area is 75.8 Å². The number of nitriles is 3. The van der Waals surface area contributed by atoms with E-state index >= 15 is 0 Å². The SMILES string of the molecule is N#CC(C#N)=C1CCC(N)=C1C#N. The minimum absolute atomic E-state index is 0.00278. The molecule has 0 aliphatic heterocycles. The first-order valence-electron chi connectivity index (χ1n) is 3.67. The summed E-state index contributed by atoms with van der Waals surface area (Å²) in [6, 6.07) is 5.42. The van der Waals surface area contributed by atoms with Crippen LogP contribution in [-0.2, 0) is 0 Å². The van der Waals surface area contributed by atoms with Crippen LogP contribution in [0.15, 0.2) is 22.4 Å². The van der Waals surface area contributed by atoms with E-state index in [-0.39, 0.29) is 5.57 Å². The summed E-state index contributed by atoms with van der Waals surface area (Å²) in [5.41, 5.74) is 6.80. The second-order valence-corrected chi connectivity index (χ2v) is 2.59. The summed E-state index contributed by atoms with van der Waals surface area (Å²) in [4.78, 5) is 0. The third-order valence-electron chi connectivity index (χ3n) is 1.90. The van der Waals surface area contributed by atoms with Gasteiger partial charge in [-0.25, -0.2) is 0 Å². The van der Waals surface area contributed by atoms with Crippen molar-refractivity contribution in [3.63, 3.8) is 0 Å². The Bertz CT molecular complexity index is 404. The quantitative estimate of drug-likeness (QED) is 0.545. The van der Waals surface area contributed by atoms with Crippen molar-refractivity contribution >= 4 is 0 Å². The van der Waals surface area contributed by atoms with E-state index in [4.69, 9.17) is 21.5 Å². The van der Waals surface area contributed by atoms with Crippen molar-refractivity contribution in [1.29, 1.82) is 15.8 Å². The van der Waals surface area contributed by atoms with E-state index in [1.165, 1.54) is 0 Å². The molecule has 0 aromatic heterocycles. The minimum atomic E-state index is -0.00278. The molecule has 0 radical (unpaired) electrons. The van der Waals surface area contributed by atoms with Gasteiger partial charge in [-0.2, -0.15) is 15.8 Å². The highest BCUT2D eigenvalue weighted by Crippen LogP contribution is 2.30. The van der Waals surface area contributed by atoms with Gasteiger partial charge in [-0.15, -0.1) is 0 Å². The van der Waals surface area contributed by atoms with Gasteiger partial charge in [0.2, 0.25) is 0 Å². The van der Waals surface area contributed by atoms with E-state index in [1.807, 2.05) is 6.07 Å². The topological polar surface area (TPSA) is 97.4 Å². The molecule has 1 aliphatic carbocycles. The molecular formula is C9H6N4. The maximum Gasteiger partial charge on any atom is 0.134 e. The molecule has 4 nitrogen and oxygen atoms in total. The molecule has 2 N–H and O–H groups in total. The van der Waals surface area contributed by atoms with Gasteiger partial charge in [-0.3, -0.25) is 0 Å². The molecule has 0 atom stereocenters. The predicted molar refractivity (Wildman–Crippen MR) is 44.3 cm³/mol. The van der Waals surface area contributed by atoms with Crippen LogP contribution in [0.3, 0.4) is 0 Å². The number of allylic oxidation sites excluding steroid dienone is 4.